The van der Waals surface area contributed by atoms with Crippen molar-refractivity contribution in [3.63, 3.8) is 0 Å². The van der Waals surface area contributed by atoms with Crippen molar-refractivity contribution in [2.45, 2.75) is 23.2 Å². The lowest BCUT2D eigenvalue weighted by Crippen LogP contribution is -2.31. The van der Waals surface area contributed by atoms with E-state index in [1.54, 1.807) is 12.1 Å². The first-order valence-corrected chi connectivity index (χ1v) is 10.0. The highest BCUT2D eigenvalue weighted by molar-refractivity contribution is 7.98. The van der Waals surface area contributed by atoms with Crippen molar-refractivity contribution < 1.29 is 13.6 Å². The zero-order valence-electron chi connectivity index (χ0n) is 14.8. The Kier molecular flexibility index (Phi) is 5.38. The number of aromatic nitrogens is 2. The molecule has 3 aromatic rings. The lowest BCUT2D eigenvalue weighted by atomic mass is 9.86. The van der Waals surface area contributed by atoms with Crippen molar-refractivity contribution in [3.8, 4) is 0 Å². The van der Waals surface area contributed by atoms with E-state index in [2.05, 4.69) is 15.3 Å². The molecule has 2 N–H and O–H groups in total. The predicted octanol–water partition coefficient (Wildman–Crippen LogP) is 4.47. The number of hydrogen-bond donors (Lipinski definition) is 2. The van der Waals surface area contributed by atoms with E-state index in [1.165, 1.54) is 23.9 Å². The van der Waals surface area contributed by atoms with Crippen molar-refractivity contribution >= 4 is 35.1 Å². The van der Waals surface area contributed by atoms with E-state index >= 15 is 0 Å². The number of hydrogen-bond acceptors (Lipinski definition) is 4. The highest BCUT2D eigenvalue weighted by Crippen LogP contribution is 2.36. The number of benzene rings is 2. The van der Waals surface area contributed by atoms with Gasteiger partial charge in [0.05, 0.1) is 5.56 Å². The minimum Gasteiger partial charge on any atom is -0.310 e. The standard InChI is InChI=1S/C20H14ClF2N3O2S/c21-11-6-4-10(5-7-11)9-29-20-25-18-16(19(28)26-20)13(8-15(27)24-18)12-2-1-3-14(22)17(12)23/h1-7,13H,8-9H2,(H2,24,25,26,27,28). The van der Waals surface area contributed by atoms with Crippen LogP contribution >= 0.6 is 23.4 Å². The second kappa shape index (κ2) is 7.96. The molecule has 2 aromatic carbocycles. The third-order valence-corrected chi connectivity index (χ3v) is 5.77. The second-order valence-corrected chi connectivity index (χ2v) is 7.90. The van der Waals surface area contributed by atoms with Crippen LogP contribution in [0.3, 0.4) is 0 Å². The molecular formula is C20H14ClF2N3O2S. The van der Waals surface area contributed by atoms with Gasteiger partial charge in [0.25, 0.3) is 5.56 Å². The summed E-state index contributed by atoms with van der Waals surface area (Å²) in [6.45, 7) is 0. The third kappa shape index (κ3) is 4.04. The van der Waals surface area contributed by atoms with Gasteiger partial charge in [-0.25, -0.2) is 13.8 Å². The SMILES string of the molecule is O=C1CC(c2cccc(F)c2F)c2c(nc(SCc3ccc(Cl)cc3)[nH]c2=O)N1. The van der Waals surface area contributed by atoms with Crippen LogP contribution in [0.15, 0.2) is 52.4 Å². The number of nitrogens with zero attached hydrogens (tertiary/aromatic N) is 1. The summed E-state index contributed by atoms with van der Waals surface area (Å²) in [5, 5.41) is 3.50. The molecule has 0 saturated heterocycles. The molecule has 9 heteroatoms. The zero-order chi connectivity index (χ0) is 20.5. The van der Waals surface area contributed by atoms with Gasteiger partial charge in [-0.15, -0.1) is 0 Å². The Morgan fingerprint density at radius 3 is 2.66 bits per heavy atom. The van der Waals surface area contributed by atoms with E-state index in [4.69, 9.17) is 11.6 Å². The van der Waals surface area contributed by atoms with Crippen molar-refractivity contribution in [1.29, 1.82) is 0 Å². The van der Waals surface area contributed by atoms with Crippen LogP contribution in [-0.4, -0.2) is 15.9 Å². The van der Waals surface area contributed by atoms with E-state index in [9.17, 15) is 18.4 Å². The largest absolute Gasteiger partial charge is 0.310 e. The fourth-order valence-electron chi connectivity index (χ4n) is 3.21. The van der Waals surface area contributed by atoms with Crippen molar-refractivity contribution in [2.75, 3.05) is 5.32 Å². The van der Waals surface area contributed by atoms with E-state index in [1.807, 2.05) is 12.1 Å². The molecule has 29 heavy (non-hydrogen) atoms. The Morgan fingerprint density at radius 1 is 1.14 bits per heavy atom. The highest BCUT2D eigenvalue weighted by atomic mass is 35.5. The first kappa shape index (κ1) is 19.6. The molecule has 0 spiro atoms. The van der Waals surface area contributed by atoms with E-state index < -0.39 is 29.0 Å². The summed E-state index contributed by atoms with van der Waals surface area (Å²) in [6.07, 6.45) is -0.171. The number of thioether (sulfide) groups is 1. The summed E-state index contributed by atoms with van der Waals surface area (Å²) in [6, 6.07) is 10.9. The lowest BCUT2D eigenvalue weighted by molar-refractivity contribution is -0.116. The maximum atomic E-state index is 14.3. The summed E-state index contributed by atoms with van der Waals surface area (Å²) >= 11 is 7.15. The molecular weight excluding hydrogens is 420 g/mol. The number of aromatic amines is 1. The molecule has 5 nitrogen and oxygen atoms in total. The molecule has 1 atom stereocenters. The molecule has 0 fully saturated rings. The van der Waals surface area contributed by atoms with Gasteiger partial charge in [-0.05, 0) is 29.3 Å². The number of carbonyl (C=O) groups excluding carboxylic acids is 1. The van der Waals surface area contributed by atoms with Gasteiger partial charge in [0, 0.05) is 23.1 Å². The highest BCUT2D eigenvalue weighted by Gasteiger charge is 2.33. The molecule has 0 bridgehead atoms. The number of fused-ring (bicyclic) bond motifs is 1. The van der Waals surface area contributed by atoms with Crippen LogP contribution in [-0.2, 0) is 10.5 Å². The molecule has 1 unspecified atom stereocenters. The molecule has 0 aliphatic carbocycles. The number of nitrogens with one attached hydrogen (secondary N) is 2. The molecule has 0 radical (unpaired) electrons. The Morgan fingerprint density at radius 2 is 1.90 bits per heavy atom. The molecule has 1 aromatic heterocycles. The molecule has 1 amide bonds. The Hall–Kier alpha value is -2.71. The quantitative estimate of drug-likeness (QED) is 0.470. The fourth-order valence-corrected chi connectivity index (χ4v) is 4.15. The van der Waals surface area contributed by atoms with Gasteiger partial charge in [0.2, 0.25) is 5.91 Å². The molecule has 0 saturated carbocycles. The van der Waals surface area contributed by atoms with Crippen LogP contribution in [0, 0.1) is 11.6 Å². The van der Waals surface area contributed by atoms with E-state index in [0.29, 0.717) is 15.9 Å². The Balaban J connectivity index is 1.68. The number of anilines is 1. The lowest BCUT2D eigenvalue weighted by Gasteiger charge is -2.24. The van der Waals surface area contributed by atoms with Crippen molar-refractivity contribution in [3.05, 3.63) is 86.2 Å². The number of carbonyl (C=O) groups is 1. The van der Waals surface area contributed by atoms with Crippen LogP contribution in [0.2, 0.25) is 5.02 Å². The van der Waals surface area contributed by atoms with Gasteiger partial charge in [-0.2, -0.15) is 0 Å². The topological polar surface area (TPSA) is 74.8 Å². The number of amides is 1. The summed E-state index contributed by atoms with van der Waals surface area (Å²) in [5.41, 5.74) is 0.547. The molecule has 1 aliphatic rings. The molecule has 148 valence electrons. The van der Waals surface area contributed by atoms with Gasteiger partial charge in [-0.3, -0.25) is 9.59 Å². The summed E-state index contributed by atoms with van der Waals surface area (Å²) in [7, 11) is 0. The van der Waals surface area contributed by atoms with E-state index in [0.717, 1.165) is 11.6 Å². The first-order valence-electron chi connectivity index (χ1n) is 8.67. The Labute approximate surface area is 173 Å². The van der Waals surface area contributed by atoms with Crippen LogP contribution in [0.1, 0.15) is 29.0 Å². The maximum absolute atomic E-state index is 14.3. The van der Waals surface area contributed by atoms with Gasteiger partial charge >= 0.3 is 0 Å². The average molecular weight is 434 g/mol. The van der Waals surface area contributed by atoms with Crippen molar-refractivity contribution in [1.82, 2.24) is 9.97 Å². The van der Waals surface area contributed by atoms with Gasteiger partial charge in [0.15, 0.2) is 16.8 Å². The normalized spacial score (nSPS) is 15.7. The first-order chi connectivity index (χ1) is 13.9. The van der Waals surface area contributed by atoms with Crippen LogP contribution in [0.25, 0.3) is 0 Å². The fraction of sp³-hybridized carbons (Fsp3) is 0.150. The number of H-pyrrole nitrogens is 1. The second-order valence-electron chi connectivity index (χ2n) is 6.50. The predicted molar refractivity (Wildman–Crippen MR) is 107 cm³/mol. The third-order valence-electron chi connectivity index (χ3n) is 4.58. The van der Waals surface area contributed by atoms with Crippen LogP contribution in [0.4, 0.5) is 14.6 Å². The van der Waals surface area contributed by atoms with Gasteiger partial charge < -0.3 is 10.3 Å². The number of rotatable bonds is 4. The van der Waals surface area contributed by atoms with Gasteiger partial charge in [-0.1, -0.05) is 47.6 Å². The zero-order valence-corrected chi connectivity index (χ0v) is 16.4. The number of halogens is 3. The average Bonchev–Trinajstić information content (AvgIpc) is 2.69. The smallest absolute Gasteiger partial charge is 0.257 e. The van der Waals surface area contributed by atoms with E-state index in [-0.39, 0.29) is 23.4 Å². The van der Waals surface area contributed by atoms with Crippen molar-refractivity contribution in [2.24, 2.45) is 0 Å². The van der Waals surface area contributed by atoms with Crippen LogP contribution < -0.4 is 10.9 Å². The monoisotopic (exact) mass is 433 g/mol. The summed E-state index contributed by atoms with van der Waals surface area (Å²) < 4.78 is 28.0. The summed E-state index contributed by atoms with van der Waals surface area (Å²) in [5.74, 6) is -2.85. The molecule has 2 heterocycles. The minimum absolute atomic E-state index is 0.0463. The van der Waals surface area contributed by atoms with Crippen LogP contribution in [0.5, 0.6) is 0 Å². The van der Waals surface area contributed by atoms with Gasteiger partial charge in [0.1, 0.15) is 5.82 Å². The molecule has 1 aliphatic heterocycles. The Bertz CT molecular complexity index is 1150. The minimum atomic E-state index is -1.07. The summed E-state index contributed by atoms with van der Waals surface area (Å²) in [4.78, 5) is 31.9. The maximum Gasteiger partial charge on any atom is 0.257 e. The molecule has 4 rings (SSSR count).